The highest BCUT2D eigenvalue weighted by atomic mass is 32.1. The van der Waals surface area contributed by atoms with Gasteiger partial charge in [-0.3, -0.25) is 14.5 Å². The van der Waals surface area contributed by atoms with Crippen molar-refractivity contribution in [3.8, 4) is 5.69 Å². The fourth-order valence-electron chi connectivity index (χ4n) is 3.30. The Kier molecular flexibility index (Phi) is 5.46. The van der Waals surface area contributed by atoms with Crippen LogP contribution in [0.5, 0.6) is 0 Å². The molecule has 0 aliphatic carbocycles. The fraction of sp³-hybridized carbons (Fsp3) is 0.316. The molecule has 5 rings (SSSR count). The van der Waals surface area contributed by atoms with Crippen LogP contribution in [-0.2, 0) is 4.74 Å². The monoisotopic (exact) mass is 423 g/mol. The summed E-state index contributed by atoms with van der Waals surface area (Å²) in [4.78, 5) is 24.6. The highest BCUT2D eigenvalue weighted by molar-refractivity contribution is 7.08. The van der Waals surface area contributed by atoms with E-state index in [1.807, 2.05) is 16.0 Å². The predicted molar refractivity (Wildman–Crippen MR) is 116 cm³/mol. The van der Waals surface area contributed by atoms with Crippen LogP contribution in [0.25, 0.3) is 16.9 Å². The number of anilines is 3. The van der Waals surface area contributed by atoms with Crippen molar-refractivity contribution in [2.24, 2.45) is 0 Å². The van der Waals surface area contributed by atoms with E-state index in [4.69, 9.17) is 9.72 Å². The summed E-state index contributed by atoms with van der Waals surface area (Å²) in [5.41, 5.74) is 2.47. The third kappa shape index (κ3) is 4.08. The Morgan fingerprint density at radius 3 is 2.87 bits per heavy atom. The molecule has 0 unspecified atom stereocenters. The molecule has 10 nitrogen and oxygen atoms in total. The van der Waals surface area contributed by atoms with Crippen molar-refractivity contribution >= 4 is 40.1 Å². The molecule has 1 aliphatic heterocycles. The predicted octanol–water partition coefficient (Wildman–Crippen LogP) is 2.15. The smallest absolute Gasteiger partial charge is 0.232 e. The van der Waals surface area contributed by atoms with Crippen molar-refractivity contribution in [2.45, 2.75) is 0 Å². The fourth-order valence-corrected chi connectivity index (χ4v) is 3.93. The number of imidazole rings is 1. The largest absolute Gasteiger partial charge is 0.379 e. The number of nitrogens with zero attached hydrogens (tertiary/aromatic N) is 7. The number of fused-ring (bicyclic) bond motifs is 1. The van der Waals surface area contributed by atoms with Gasteiger partial charge in [-0.1, -0.05) is 0 Å². The number of nitrogens with one attached hydrogen (secondary N) is 2. The van der Waals surface area contributed by atoms with Crippen molar-refractivity contribution in [2.75, 3.05) is 50.0 Å². The summed E-state index contributed by atoms with van der Waals surface area (Å²) in [6, 6.07) is 2.04. The number of hydrogen-bond acceptors (Lipinski definition) is 10. The molecule has 0 bridgehead atoms. The topological polar surface area (TPSA) is 106 Å². The highest BCUT2D eigenvalue weighted by Gasteiger charge is 2.16. The van der Waals surface area contributed by atoms with E-state index in [1.165, 1.54) is 0 Å². The van der Waals surface area contributed by atoms with E-state index in [0.29, 0.717) is 17.6 Å². The van der Waals surface area contributed by atoms with E-state index in [1.54, 1.807) is 36.3 Å². The molecular weight excluding hydrogens is 402 g/mol. The molecule has 5 heterocycles. The molecule has 4 aromatic heterocycles. The van der Waals surface area contributed by atoms with Gasteiger partial charge in [-0.25, -0.2) is 9.97 Å². The summed E-state index contributed by atoms with van der Waals surface area (Å²) in [7, 11) is 0. The second-order valence-electron chi connectivity index (χ2n) is 6.76. The van der Waals surface area contributed by atoms with Gasteiger partial charge >= 0.3 is 0 Å². The number of hydrogen-bond donors (Lipinski definition) is 2. The Morgan fingerprint density at radius 1 is 1.13 bits per heavy atom. The minimum absolute atomic E-state index is 0.439. The lowest BCUT2D eigenvalue weighted by atomic mass is 10.4. The maximum atomic E-state index is 5.42. The quantitative estimate of drug-likeness (QED) is 0.462. The standard InChI is InChI=1S/C19H21N9OS/c1-10-30-12-14(1)28-13-23-16-17(22-4-5-27-6-8-29-9-7-27)25-19(26-18(16)28)24-15-11-20-2-3-21-15/h1-3,10-13H,4-9H2,(H2,21,22,24,25,26). The summed E-state index contributed by atoms with van der Waals surface area (Å²) < 4.78 is 7.38. The van der Waals surface area contributed by atoms with Crippen LogP contribution in [0.2, 0.25) is 0 Å². The van der Waals surface area contributed by atoms with Crippen LogP contribution in [0, 0.1) is 0 Å². The van der Waals surface area contributed by atoms with Crippen LogP contribution < -0.4 is 10.6 Å². The molecule has 1 fully saturated rings. The van der Waals surface area contributed by atoms with E-state index in [-0.39, 0.29) is 0 Å². The molecule has 1 saturated heterocycles. The van der Waals surface area contributed by atoms with Crippen LogP contribution in [0.15, 0.2) is 41.7 Å². The molecule has 11 heteroatoms. The number of thiophene rings is 1. The molecule has 0 radical (unpaired) electrons. The van der Waals surface area contributed by atoms with Gasteiger partial charge in [0.25, 0.3) is 0 Å². The van der Waals surface area contributed by atoms with E-state index in [2.05, 4.69) is 40.8 Å². The average molecular weight is 424 g/mol. The van der Waals surface area contributed by atoms with Crippen LogP contribution in [0.4, 0.5) is 17.6 Å². The Bertz CT molecular complexity index is 1090. The zero-order valence-electron chi connectivity index (χ0n) is 16.2. The zero-order valence-corrected chi connectivity index (χ0v) is 17.0. The molecule has 154 valence electrons. The molecular formula is C19H21N9OS. The third-order valence-electron chi connectivity index (χ3n) is 4.81. The Balaban J connectivity index is 1.44. The third-order valence-corrected chi connectivity index (χ3v) is 5.48. The molecule has 0 spiro atoms. The average Bonchev–Trinajstić information content (AvgIpc) is 3.45. The van der Waals surface area contributed by atoms with Gasteiger partial charge in [-0.15, -0.1) is 0 Å². The molecule has 1 aliphatic rings. The number of ether oxygens (including phenoxy) is 1. The minimum atomic E-state index is 0.439. The van der Waals surface area contributed by atoms with Gasteiger partial charge in [0.2, 0.25) is 5.95 Å². The lowest BCUT2D eigenvalue weighted by Crippen LogP contribution is -2.39. The van der Waals surface area contributed by atoms with Gasteiger partial charge in [-0.05, 0) is 11.4 Å². The molecule has 0 aromatic carbocycles. The SMILES string of the molecule is c1cnc(Nc2nc(NCCN3CCOCC3)c3ncn(-c4ccsc4)c3n2)cn1. The van der Waals surface area contributed by atoms with Crippen molar-refractivity contribution in [1.82, 2.24) is 34.4 Å². The van der Waals surface area contributed by atoms with E-state index >= 15 is 0 Å². The molecule has 0 amide bonds. The Hall–Kier alpha value is -3.15. The minimum Gasteiger partial charge on any atom is -0.379 e. The van der Waals surface area contributed by atoms with Crippen LogP contribution >= 0.6 is 11.3 Å². The number of aromatic nitrogens is 6. The summed E-state index contributed by atoms with van der Waals surface area (Å²) in [6.07, 6.45) is 6.66. The van der Waals surface area contributed by atoms with E-state index < -0.39 is 0 Å². The van der Waals surface area contributed by atoms with Crippen LogP contribution in [-0.4, -0.2) is 73.8 Å². The number of rotatable bonds is 7. The summed E-state index contributed by atoms with van der Waals surface area (Å²) in [5, 5.41) is 10.7. The van der Waals surface area contributed by atoms with Gasteiger partial charge in [0, 0.05) is 44.0 Å². The molecule has 2 N–H and O–H groups in total. The van der Waals surface area contributed by atoms with Crippen molar-refractivity contribution in [3.63, 3.8) is 0 Å². The zero-order chi connectivity index (χ0) is 20.2. The summed E-state index contributed by atoms with van der Waals surface area (Å²) in [6.45, 7) is 5.14. The first kappa shape index (κ1) is 18.9. The normalized spacial score (nSPS) is 14.8. The summed E-state index contributed by atoms with van der Waals surface area (Å²) in [5.74, 6) is 1.71. The van der Waals surface area contributed by atoms with E-state index in [0.717, 1.165) is 56.2 Å². The van der Waals surface area contributed by atoms with Gasteiger partial charge in [0.1, 0.15) is 6.33 Å². The molecule has 0 atom stereocenters. The highest BCUT2D eigenvalue weighted by Crippen LogP contribution is 2.25. The van der Waals surface area contributed by atoms with Crippen molar-refractivity contribution in [1.29, 1.82) is 0 Å². The van der Waals surface area contributed by atoms with E-state index in [9.17, 15) is 0 Å². The first-order valence-corrected chi connectivity index (χ1v) is 10.7. The lowest BCUT2D eigenvalue weighted by molar-refractivity contribution is 0.0398. The van der Waals surface area contributed by atoms with Gasteiger partial charge in [0.15, 0.2) is 22.8 Å². The Labute approximate surface area is 177 Å². The van der Waals surface area contributed by atoms with Crippen LogP contribution in [0.1, 0.15) is 0 Å². The molecule has 4 aromatic rings. The number of morpholine rings is 1. The maximum Gasteiger partial charge on any atom is 0.232 e. The first-order chi connectivity index (χ1) is 14.9. The van der Waals surface area contributed by atoms with Crippen molar-refractivity contribution in [3.05, 3.63) is 41.7 Å². The summed E-state index contributed by atoms with van der Waals surface area (Å²) >= 11 is 1.63. The molecule has 0 saturated carbocycles. The second kappa shape index (κ2) is 8.69. The van der Waals surface area contributed by atoms with Gasteiger partial charge in [-0.2, -0.15) is 21.3 Å². The lowest BCUT2D eigenvalue weighted by Gasteiger charge is -2.26. The first-order valence-electron chi connectivity index (χ1n) is 9.71. The Morgan fingerprint density at radius 2 is 2.07 bits per heavy atom. The maximum absolute atomic E-state index is 5.42. The van der Waals surface area contributed by atoms with Crippen LogP contribution in [0.3, 0.4) is 0 Å². The van der Waals surface area contributed by atoms with Crippen molar-refractivity contribution < 1.29 is 4.74 Å². The molecule has 30 heavy (non-hydrogen) atoms. The van der Waals surface area contributed by atoms with Gasteiger partial charge < -0.3 is 15.4 Å². The second-order valence-corrected chi connectivity index (χ2v) is 7.54. The van der Waals surface area contributed by atoms with Gasteiger partial charge in [0.05, 0.1) is 25.1 Å².